The van der Waals surface area contributed by atoms with Gasteiger partial charge in [0.15, 0.2) is 0 Å². The Morgan fingerprint density at radius 1 is 1.10 bits per heavy atom. The van der Waals surface area contributed by atoms with E-state index in [1.165, 1.54) is 0 Å². The summed E-state index contributed by atoms with van der Waals surface area (Å²) in [5.41, 5.74) is 2.91. The quantitative estimate of drug-likeness (QED) is 0.782. The summed E-state index contributed by atoms with van der Waals surface area (Å²) in [5.74, 6) is -1.28. The van der Waals surface area contributed by atoms with Gasteiger partial charge in [0.2, 0.25) is 0 Å². The minimum Gasteiger partial charge on any atom is -0.481 e. The molecular formula is C18H18O2. The van der Waals surface area contributed by atoms with Crippen molar-refractivity contribution in [1.82, 2.24) is 0 Å². The number of carboxylic acids is 1. The predicted molar refractivity (Wildman–Crippen MR) is 81.7 cm³/mol. The third kappa shape index (κ3) is 3.15. The molecule has 1 N–H and O–H groups in total. The van der Waals surface area contributed by atoms with Crippen molar-refractivity contribution in [3.05, 3.63) is 72.8 Å². The molecule has 1 unspecified atom stereocenters. The molecule has 0 aliphatic rings. The summed E-state index contributed by atoms with van der Waals surface area (Å²) in [6.07, 6.45) is 3.03. The van der Waals surface area contributed by atoms with Gasteiger partial charge in [0.05, 0.1) is 5.92 Å². The second kappa shape index (κ2) is 6.71. The monoisotopic (exact) mass is 266 g/mol. The van der Waals surface area contributed by atoms with Gasteiger partial charge < -0.3 is 5.11 Å². The van der Waals surface area contributed by atoms with Gasteiger partial charge in [0.25, 0.3) is 0 Å². The van der Waals surface area contributed by atoms with Crippen molar-refractivity contribution >= 4 is 5.97 Å². The van der Waals surface area contributed by atoms with Crippen molar-refractivity contribution in [1.29, 1.82) is 0 Å². The standard InChI is InChI=1S/C18H18O2/c1-2-3-11-17(18(19)20)16-13-8-7-12-15(16)14-9-5-4-6-10-14/h2,4-10,12-13,17H,1,3,11H2,(H,19,20). The third-order valence-corrected chi connectivity index (χ3v) is 3.38. The lowest BCUT2D eigenvalue weighted by Crippen LogP contribution is -2.12. The zero-order chi connectivity index (χ0) is 14.4. The molecule has 0 heterocycles. The maximum Gasteiger partial charge on any atom is 0.311 e. The molecule has 0 aliphatic carbocycles. The number of benzene rings is 2. The number of rotatable bonds is 6. The van der Waals surface area contributed by atoms with Crippen LogP contribution in [0.15, 0.2) is 67.3 Å². The first-order chi connectivity index (χ1) is 9.74. The van der Waals surface area contributed by atoms with Gasteiger partial charge in [0, 0.05) is 0 Å². The predicted octanol–water partition coefficient (Wildman–Crippen LogP) is 4.49. The van der Waals surface area contributed by atoms with E-state index in [2.05, 4.69) is 6.58 Å². The minimum absolute atomic E-state index is 0.496. The van der Waals surface area contributed by atoms with E-state index in [4.69, 9.17) is 0 Å². The molecule has 0 bridgehead atoms. The van der Waals surface area contributed by atoms with Crippen LogP contribution in [0.2, 0.25) is 0 Å². The lowest BCUT2D eigenvalue weighted by molar-refractivity contribution is -0.138. The van der Waals surface area contributed by atoms with Crippen LogP contribution < -0.4 is 0 Å². The number of carboxylic acid groups (broad SMARTS) is 1. The van der Waals surface area contributed by atoms with E-state index < -0.39 is 11.9 Å². The largest absolute Gasteiger partial charge is 0.481 e. The van der Waals surface area contributed by atoms with Crippen molar-refractivity contribution in [2.24, 2.45) is 0 Å². The number of hydrogen-bond acceptors (Lipinski definition) is 1. The number of aliphatic carboxylic acids is 1. The van der Waals surface area contributed by atoms with E-state index in [1.807, 2.05) is 54.6 Å². The Morgan fingerprint density at radius 3 is 2.40 bits per heavy atom. The van der Waals surface area contributed by atoms with Crippen LogP contribution in [0.3, 0.4) is 0 Å². The fraction of sp³-hybridized carbons (Fsp3) is 0.167. The normalized spacial score (nSPS) is 11.8. The van der Waals surface area contributed by atoms with E-state index in [-0.39, 0.29) is 0 Å². The molecule has 2 heteroatoms. The molecule has 0 amide bonds. The molecule has 2 aromatic carbocycles. The van der Waals surface area contributed by atoms with Gasteiger partial charge in [0.1, 0.15) is 0 Å². The Bertz CT molecular complexity index is 587. The highest BCUT2D eigenvalue weighted by Gasteiger charge is 2.22. The highest BCUT2D eigenvalue weighted by Crippen LogP contribution is 2.32. The number of carbonyl (C=O) groups is 1. The van der Waals surface area contributed by atoms with Gasteiger partial charge in [-0.3, -0.25) is 4.79 Å². The summed E-state index contributed by atoms with van der Waals surface area (Å²) < 4.78 is 0. The summed E-state index contributed by atoms with van der Waals surface area (Å²) in [5, 5.41) is 9.49. The molecule has 2 nitrogen and oxygen atoms in total. The zero-order valence-electron chi connectivity index (χ0n) is 11.3. The molecule has 0 aliphatic heterocycles. The molecule has 0 fully saturated rings. The van der Waals surface area contributed by atoms with Crippen molar-refractivity contribution in [3.8, 4) is 11.1 Å². The van der Waals surface area contributed by atoms with Gasteiger partial charge in [-0.15, -0.1) is 6.58 Å². The van der Waals surface area contributed by atoms with Crippen molar-refractivity contribution in [2.45, 2.75) is 18.8 Å². The highest BCUT2D eigenvalue weighted by atomic mass is 16.4. The second-order valence-electron chi connectivity index (χ2n) is 4.71. The maximum absolute atomic E-state index is 11.6. The molecule has 20 heavy (non-hydrogen) atoms. The maximum atomic E-state index is 11.6. The summed E-state index contributed by atoms with van der Waals surface area (Å²) in [4.78, 5) is 11.6. The lowest BCUT2D eigenvalue weighted by atomic mass is 9.88. The van der Waals surface area contributed by atoms with Gasteiger partial charge in [-0.25, -0.2) is 0 Å². The van der Waals surface area contributed by atoms with Crippen LogP contribution in [0.25, 0.3) is 11.1 Å². The third-order valence-electron chi connectivity index (χ3n) is 3.38. The van der Waals surface area contributed by atoms with Crippen LogP contribution in [0.5, 0.6) is 0 Å². The fourth-order valence-electron chi connectivity index (χ4n) is 2.38. The fourth-order valence-corrected chi connectivity index (χ4v) is 2.38. The molecule has 0 spiro atoms. The van der Waals surface area contributed by atoms with Gasteiger partial charge in [-0.1, -0.05) is 60.7 Å². The van der Waals surface area contributed by atoms with Crippen LogP contribution in [0, 0.1) is 0 Å². The number of allylic oxidation sites excluding steroid dienone is 1. The van der Waals surface area contributed by atoms with Crippen LogP contribution in [0.1, 0.15) is 24.3 Å². The lowest BCUT2D eigenvalue weighted by Gasteiger charge is -2.16. The molecule has 2 rings (SSSR count). The van der Waals surface area contributed by atoms with E-state index in [0.29, 0.717) is 12.8 Å². The van der Waals surface area contributed by atoms with E-state index in [1.54, 1.807) is 6.08 Å². The summed E-state index contributed by atoms with van der Waals surface area (Å²) in [7, 11) is 0. The van der Waals surface area contributed by atoms with E-state index in [9.17, 15) is 9.90 Å². The summed E-state index contributed by atoms with van der Waals surface area (Å²) in [6, 6.07) is 17.6. The zero-order valence-corrected chi connectivity index (χ0v) is 11.3. The Kier molecular flexibility index (Phi) is 4.72. The van der Waals surface area contributed by atoms with Gasteiger partial charge in [-0.05, 0) is 29.5 Å². The second-order valence-corrected chi connectivity index (χ2v) is 4.71. The topological polar surface area (TPSA) is 37.3 Å². The van der Waals surface area contributed by atoms with Gasteiger partial charge in [-0.2, -0.15) is 0 Å². The highest BCUT2D eigenvalue weighted by molar-refractivity contribution is 5.81. The Morgan fingerprint density at radius 2 is 1.75 bits per heavy atom. The molecule has 2 aromatic rings. The molecule has 102 valence electrons. The van der Waals surface area contributed by atoms with Crippen LogP contribution >= 0.6 is 0 Å². The van der Waals surface area contributed by atoms with E-state index >= 15 is 0 Å². The van der Waals surface area contributed by atoms with Crippen molar-refractivity contribution < 1.29 is 9.90 Å². The molecule has 0 saturated carbocycles. The van der Waals surface area contributed by atoms with Crippen molar-refractivity contribution in [3.63, 3.8) is 0 Å². The minimum atomic E-state index is -0.782. The first-order valence-electron chi connectivity index (χ1n) is 6.72. The van der Waals surface area contributed by atoms with E-state index in [0.717, 1.165) is 16.7 Å². The van der Waals surface area contributed by atoms with Gasteiger partial charge >= 0.3 is 5.97 Å². The molecular weight excluding hydrogens is 248 g/mol. The van der Waals surface area contributed by atoms with Crippen molar-refractivity contribution in [2.75, 3.05) is 0 Å². The first-order valence-corrected chi connectivity index (χ1v) is 6.72. The SMILES string of the molecule is C=CCCC(C(=O)O)c1ccccc1-c1ccccc1. The average Bonchev–Trinajstić information content (AvgIpc) is 2.49. The van der Waals surface area contributed by atoms with Crippen LogP contribution in [-0.4, -0.2) is 11.1 Å². The summed E-state index contributed by atoms with van der Waals surface area (Å²) in [6.45, 7) is 3.67. The number of hydrogen-bond donors (Lipinski definition) is 1. The average molecular weight is 266 g/mol. The smallest absolute Gasteiger partial charge is 0.311 e. The summed E-state index contributed by atoms with van der Waals surface area (Å²) >= 11 is 0. The van der Waals surface area contributed by atoms with Crippen LogP contribution in [0.4, 0.5) is 0 Å². The molecule has 1 atom stereocenters. The first kappa shape index (κ1) is 14.1. The molecule has 0 radical (unpaired) electrons. The van der Waals surface area contributed by atoms with Crippen LogP contribution in [-0.2, 0) is 4.79 Å². The molecule has 0 saturated heterocycles. The Labute approximate surface area is 119 Å². The Balaban J connectivity index is 2.45. The Hall–Kier alpha value is -2.35. The molecule has 0 aromatic heterocycles.